The Morgan fingerprint density at radius 3 is 2.64 bits per heavy atom. The summed E-state index contributed by atoms with van der Waals surface area (Å²) in [4.78, 5) is 16.3. The molecule has 0 aliphatic rings. The molecule has 3 nitrogen and oxygen atoms in total. The average molecular weight is 314 g/mol. The van der Waals surface area contributed by atoms with Crippen molar-refractivity contribution >= 4 is 22.8 Å². The zero-order chi connectivity index (χ0) is 15.9. The molecule has 116 valence electrons. The lowest BCUT2D eigenvalue weighted by Crippen LogP contribution is -2.24. The van der Waals surface area contributed by atoms with E-state index in [1.54, 1.807) is 17.4 Å². The Bertz CT molecular complexity index is 628. The van der Waals surface area contributed by atoms with Gasteiger partial charge in [0.15, 0.2) is 0 Å². The number of benzene rings is 1. The summed E-state index contributed by atoms with van der Waals surface area (Å²) in [5.74, 6) is 0.256. The van der Waals surface area contributed by atoms with Gasteiger partial charge in [-0.1, -0.05) is 43.7 Å². The first-order chi connectivity index (χ1) is 10.6. The van der Waals surface area contributed by atoms with Gasteiger partial charge in [-0.15, -0.1) is 11.3 Å². The fourth-order valence-electron chi connectivity index (χ4n) is 2.20. The first-order valence-electron chi connectivity index (χ1n) is 7.50. The van der Waals surface area contributed by atoms with Crippen LogP contribution in [0, 0.1) is 12.8 Å². The predicted octanol–water partition coefficient (Wildman–Crippen LogP) is 3.85. The third-order valence-electron chi connectivity index (χ3n) is 3.46. The third kappa shape index (κ3) is 4.81. The third-order valence-corrected chi connectivity index (χ3v) is 4.09. The number of rotatable bonds is 6. The molecule has 0 saturated carbocycles. The molecule has 1 N–H and O–H groups in total. The second-order valence-electron chi connectivity index (χ2n) is 5.64. The van der Waals surface area contributed by atoms with Crippen LogP contribution >= 0.6 is 11.3 Å². The van der Waals surface area contributed by atoms with Crippen LogP contribution in [0.4, 0.5) is 0 Å². The van der Waals surface area contributed by atoms with E-state index in [0.29, 0.717) is 12.5 Å². The molecule has 0 saturated heterocycles. The fourth-order valence-corrected chi connectivity index (χ4v) is 2.79. The molecule has 0 unspecified atom stereocenters. The van der Waals surface area contributed by atoms with Crippen molar-refractivity contribution in [2.75, 3.05) is 6.54 Å². The number of nitrogens with one attached hydrogen (secondary N) is 1. The van der Waals surface area contributed by atoms with Gasteiger partial charge < -0.3 is 5.32 Å². The topological polar surface area (TPSA) is 42.0 Å². The summed E-state index contributed by atoms with van der Waals surface area (Å²) in [5, 5.41) is 4.94. The average Bonchev–Trinajstić information content (AvgIpc) is 2.99. The van der Waals surface area contributed by atoms with Crippen LogP contribution in [0.15, 0.2) is 41.2 Å². The van der Waals surface area contributed by atoms with Crippen LogP contribution < -0.4 is 5.32 Å². The van der Waals surface area contributed by atoms with Crippen LogP contribution in [0.2, 0.25) is 0 Å². The van der Waals surface area contributed by atoms with Crippen molar-refractivity contribution < 1.29 is 4.79 Å². The molecular formula is C18H22N2OS. The summed E-state index contributed by atoms with van der Waals surface area (Å²) in [7, 11) is 0. The van der Waals surface area contributed by atoms with E-state index >= 15 is 0 Å². The van der Waals surface area contributed by atoms with Gasteiger partial charge in [-0.25, -0.2) is 4.98 Å². The smallest absolute Gasteiger partial charge is 0.244 e. The molecule has 0 spiro atoms. The van der Waals surface area contributed by atoms with Gasteiger partial charge in [0.1, 0.15) is 0 Å². The van der Waals surface area contributed by atoms with Crippen molar-refractivity contribution in [1.82, 2.24) is 10.3 Å². The number of carbonyl (C=O) groups is 1. The Labute approximate surface area is 136 Å². The summed E-state index contributed by atoms with van der Waals surface area (Å²) in [6, 6.07) is 8.30. The summed E-state index contributed by atoms with van der Waals surface area (Å²) in [5.41, 5.74) is 6.23. The molecule has 1 aromatic heterocycles. The van der Waals surface area contributed by atoms with Gasteiger partial charge in [-0.3, -0.25) is 4.79 Å². The number of allylic oxidation sites excluding steroid dienone is 1. The van der Waals surface area contributed by atoms with Gasteiger partial charge in [-0.05, 0) is 24.0 Å². The van der Waals surface area contributed by atoms with Crippen LogP contribution in [0.1, 0.15) is 30.7 Å². The summed E-state index contributed by atoms with van der Waals surface area (Å²) in [6.45, 7) is 6.88. The first-order valence-corrected chi connectivity index (χ1v) is 8.44. The molecule has 0 radical (unpaired) electrons. The summed E-state index contributed by atoms with van der Waals surface area (Å²) >= 11 is 1.58. The van der Waals surface area contributed by atoms with Gasteiger partial charge in [0, 0.05) is 24.4 Å². The fraction of sp³-hybridized carbons (Fsp3) is 0.333. The van der Waals surface area contributed by atoms with Gasteiger partial charge in [0.05, 0.1) is 11.2 Å². The molecule has 22 heavy (non-hydrogen) atoms. The van der Waals surface area contributed by atoms with Crippen molar-refractivity contribution in [1.29, 1.82) is 0 Å². The minimum atomic E-state index is -0.0421. The Hall–Kier alpha value is -1.94. The maximum atomic E-state index is 12.1. The quantitative estimate of drug-likeness (QED) is 0.823. The summed E-state index contributed by atoms with van der Waals surface area (Å²) < 4.78 is 0. The molecule has 0 aliphatic heterocycles. The number of amides is 1. The van der Waals surface area contributed by atoms with Crippen LogP contribution in [-0.4, -0.2) is 17.4 Å². The normalized spacial score (nSPS) is 11.7. The van der Waals surface area contributed by atoms with Crippen molar-refractivity contribution in [3.05, 3.63) is 58.1 Å². The number of carbonyl (C=O) groups excluding carboxylic acids is 1. The number of hydrogen-bond acceptors (Lipinski definition) is 3. The molecule has 0 bridgehead atoms. The van der Waals surface area contributed by atoms with E-state index in [1.165, 1.54) is 5.56 Å². The van der Waals surface area contributed by atoms with E-state index < -0.39 is 0 Å². The summed E-state index contributed by atoms with van der Waals surface area (Å²) in [6.07, 6.45) is 2.49. The minimum Gasteiger partial charge on any atom is -0.352 e. The Morgan fingerprint density at radius 2 is 2.05 bits per heavy atom. The van der Waals surface area contributed by atoms with Crippen molar-refractivity contribution in [2.45, 2.75) is 27.2 Å². The molecular weight excluding hydrogens is 292 g/mol. The number of aryl methyl sites for hydroxylation is 1. The Kier molecular flexibility index (Phi) is 5.90. The van der Waals surface area contributed by atoms with E-state index in [9.17, 15) is 4.79 Å². The highest BCUT2D eigenvalue weighted by molar-refractivity contribution is 7.07. The zero-order valence-corrected chi connectivity index (χ0v) is 14.1. The second kappa shape index (κ2) is 7.90. The highest BCUT2D eigenvalue weighted by Gasteiger charge is 2.09. The minimum absolute atomic E-state index is 0.0421. The lowest BCUT2D eigenvalue weighted by Gasteiger charge is -2.12. The number of aromatic nitrogens is 1. The molecule has 1 heterocycles. The SMILES string of the molecule is Cc1ccc(/C(=C/C(=O)NCCc2cscn2)C(C)C)cc1. The number of thiazole rings is 1. The highest BCUT2D eigenvalue weighted by Crippen LogP contribution is 2.23. The molecule has 0 aliphatic carbocycles. The Morgan fingerprint density at radius 1 is 1.32 bits per heavy atom. The highest BCUT2D eigenvalue weighted by atomic mass is 32.1. The second-order valence-corrected chi connectivity index (χ2v) is 6.36. The van der Waals surface area contributed by atoms with E-state index in [4.69, 9.17) is 0 Å². The standard InChI is InChI=1S/C18H22N2OS/c1-13(2)17(15-6-4-14(3)5-7-15)10-18(21)19-9-8-16-11-22-12-20-16/h4-7,10-13H,8-9H2,1-3H3,(H,19,21)/b17-10+. The van der Waals surface area contributed by atoms with Gasteiger partial charge >= 0.3 is 0 Å². The number of nitrogens with zero attached hydrogens (tertiary/aromatic N) is 1. The van der Waals surface area contributed by atoms with E-state index in [1.807, 2.05) is 10.9 Å². The van der Waals surface area contributed by atoms with E-state index in [0.717, 1.165) is 23.3 Å². The molecule has 1 aromatic carbocycles. The number of hydrogen-bond donors (Lipinski definition) is 1. The van der Waals surface area contributed by atoms with Crippen molar-refractivity contribution in [2.24, 2.45) is 5.92 Å². The molecule has 2 aromatic rings. The maximum Gasteiger partial charge on any atom is 0.244 e. The lowest BCUT2D eigenvalue weighted by atomic mass is 9.94. The molecule has 1 amide bonds. The van der Waals surface area contributed by atoms with Gasteiger partial charge in [0.2, 0.25) is 5.91 Å². The molecule has 0 atom stereocenters. The molecule has 4 heteroatoms. The van der Waals surface area contributed by atoms with Crippen LogP contribution in [-0.2, 0) is 11.2 Å². The predicted molar refractivity (Wildman–Crippen MR) is 92.8 cm³/mol. The largest absolute Gasteiger partial charge is 0.352 e. The monoisotopic (exact) mass is 314 g/mol. The van der Waals surface area contributed by atoms with Crippen LogP contribution in [0.3, 0.4) is 0 Å². The van der Waals surface area contributed by atoms with Crippen molar-refractivity contribution in [3.8, 4) is 0 Å². The van der Waals surface area contributed by atoms with Crippen LogP contribution in [0.25, 0.3) is 5.57 Å². The lowest BCUT2D eigenvalue weighted by molar-refractivity contribution is -0.116. The zero-order valence-electron chi connectivity index (χ0n) is 13.3. The molecule has 2 rings (SSSR count). The van der Waals surface area contributed by atoms with E-state index in [-0.39, 0.29) is 5.91 Å². The Balaban J connectivity index is 1.99. The first kappa shape index (κ1) is 16.4. The van der Waals surface area contributed by atoms with Gasteiger partial charge in [-0.2, -0.15) is 0 Å². The maximum absolute atomic E-state index is 12.1. The molecule has 0 fully saturated rings. The van der Waals surface area contributed by atoms with Gasteiger partial charge in [0.25, 0.3) is 0 Å². The van der Waals surface area contributed by atoms with Crippen LogP contribution in [0.5, 0.6) is 0 Å². The van der Waals surface area contributed by atoms with E-state index in [2.05, 4.69) is 55.3 Å². The van der Waals surface area contributed by atoms with Crippen molar-refractivity contribution in [3.63, 3.8) is 0 Å².